The van der Waals surface area contributed by atoms with Gasteiger partial charge in [-0.1, -0.05) is 19.4 Å². The van der Waals surface area contributed by atoms with Gasteiger partial charge < -0.3 is 4.74 Å². The van der Waals surface area contributed by atoms with E-state index in [1.807, 2.05) is 0 Å². The van der Waals surface area contributed by atoms with Crippen LogP contribution in [0.4, 0.5) is 0 Å². The van der Waals surface area contributed by atoms with Gasteiger partial charge in [-0.25, -0.2) is 4.79 Å². The topological polar surface area (TPSA) is 29.5 Å². The smallest absolute Gasteiger partial charge is 0.334 e. The summed E-state index contributed by atoms with van der Waals surface area (Å²) in [6.45, 7) is 4.58. The number of ether oxygens (including phenoxy) is 1. The van der Waals surface area contributed by atoms with E-state index in [-0.39, 0.29) is 11.4 Å². The molecule has 0 aromatic heterocycles. The summed E-state index contributed by atoms with van der Waals surface area (Å²) in [7, 11) is 1.55. The summed E-state index contributed by atoms with van der Waals surface area (Å²) in [6, 6.07) is 7.53. The van der Waals surface area contributed by atoms with Crippen LogP contribution in [0.3, 0.4) is 0 Å². The van der Waals surface area contributed by atoms with E-state index in [0.717, 1.165) is 50.8 Å². The van der Waals surface area contributed by atoms with Gasteiger partial charge in [0.05, 0.1) is 7.11 Å². The summed E-state index contributed by atoms with van der Waals surface area (Å²) < 4.78 is 6.63. The monoisotopic (exact) mass is 463 g/mol. The zero-order valence-corrected chi connectivity index (χ0v) is 17.7. The highest BCUT2D eigenvalue weighted by molar-refractivity contribution is 14.1. The Hall–Kier alpha value is -0.880. The molecule has 1 aromatic carbocycles. The van der Waals surface area contributed by atoms with Crippen molar-refractivity contribution in [3.63, 3.8) is 0 Å². The van der Waals surface area contributed by atoms with Gasteiger partial charge in [0.25, 0.3) is 0 Å². The van der Waals surface area contributed by atoms with Gasteiger partial charge in [0.1, 0.15) is 0 Å². The van der Waals surface area contributed by atoms with E-state index in [4.69, 9.17) is 4.74 Å². The molecule has 0 amide bonds. The first kappa shape index (κ1) is 17.2. The number of rotatable bonds is 2. The maximum Gasteiger partial charge on any atom is 0.334 e. The van der Waals surface area contributed by atoms with Crippen molar-refractivity contribution in [3.8, 4) is 0 Å². The van der Waals surface area contributed by atoms with Crippen LogP contribution in [0, 0.1) is 15.4 Å². The summed E-state index contributed by atoms with van der Waals surface area (Å²) in [6.07, 6.45) is 5.50. The van der Waals surface area contributed by atoms with E-state index < -0.39 is 0 Å². The van der Waals surface area contributed by atoms with Crippen LogP contribution in [-0.4, -0.2) is 37.1 Å². The van der Waals surface area contributed by atoms with Crippen molar-refractivity contribution in [1.82, 2.24) is 4.90 Å². The third-order valence-electron chi connectivity index (χ3n) is 7.68. The van der Waals surface area contributed by atoms with Crippen LogP contribution < -0.4 is 0 Å². The van der Waals surface area contributed by atoms with Crippen molar-refractivity contribution in [2.75, 3.05) is 20.2 Å². The molecule has 2 aliphatic heterocycles. The minimum Gasteiger partial charge on any atom is -0.466 e. The lowest BCUT2D eigenvalue weighted by atomic mass is 9.53. The van der Waals surface area contributed by atoms with Crippen molar-refractivity contribution in [1.29, 1.82) is 0 Å². The minimum atomic E-state index is -0.0595. The van der Waals surface area contributed by atoms with Crippen molar-refractivity contribution in [3.05, 3.63) is 44.0 Å². The molecular formula is C22H26INO2. The predicted molar refractivity (Wildman–Crippen MR) is 110 cm³/mol. The number of hydrogen-bond acceptors (Lipinski definition) is 3. The number of fused-ring (bicyclic) bond motifs is 2. The molecule has 138 valence electrons. The van der Waals surface area contributed by atoms with Gasteiger partial charge in [0, 0.05) is 27.1 Å². The highest BCUT2D eigenvalue weighted by Gasteiger charge is 2.60. The number of benzene rings is 1. The Bertz CT molecular complexity index is 816. The number of carbonyl (C=O) groups excluding carboxylic acids is 1. The van der Waals surface area contributed by atoms with Crippen LogP contribution in [0.15, 0.2) is 29.3 Å². The third-order valence-corrected chi connectivity index (χ3v) is 8.35. The minimum absolute atomic E-state index is 0.0491. The Morgan fingerprint density at radius 2 is 2.23 bits per heavy atom. The number of esters is 1. The molecule has 2 saturated heterocycles. The number of halogens is 1. The maximum absolute atomic E-state index is 12.9. The largest absolute Gasteiger partial charge is 0.466 e. The Balaban J connectivity index is 1.79. The zero-order chi connectivity index (χ0) is 18.1. The molecule has 4 heteroatoms. The summed E-state index contributed by atoms with van der Waals surface area (Å²) in [4.78, 5) is 15.7. The molecule has 0 radical (unpaired) electrons. The van der Waals surface area contributed by atoms with Crippen molar-refractivity contribution in [2.24, 2.45) is 11.8 Å². The number of nitrogens with zero attached hydrogens (tertiary/aromatic N) is 1. The van der Waals surface area contributed by atoms with Crippen molar-refractivity contribution >= 4 is 28.6 Å². The fourth-order valence-electron chi connectivity index (χ4n) is 6.63. The molecule has 0 N–H and O–H groups in total. The highest BCUT2D eigenvalue weighted by Crippen LogP contribution is 2.60. The number of piperidine rings is 1. The number of methoxy groups -OCH3 is 1. The van der Waals surface area contributed by atoms with Crippen LogP contribution in [0.5, 0.6) is 0 Å². The summed E-state index contributed by atoms with van der Waals surface area (Å²) >= 11 is 2.44. The second-order valence-electron chi connectivity index (χ2n) is 8.43. The third kappa shape index (κ3) is 2.12. The molecule has 2 unspecified atom stereocenters. The van der Waals surface area contributed by atoms with E-state index >= 15 is 0 Å². The van der Waals surface area contributed by atoms with E-state index in [9.17, 15) is 4.79 Å². The van der Waals surface area contributed by atoms with Gasteiger partial charge in [-0.2, -0.15) is 0 Å². The molecule has 5 rings (SSSR count). The Kier molecular flexibility index (Phi) is 4.02. The second-order valence-corrected chi connectivity index (χ2v) is 9.67. The molecule has 3 nitrogen and oxygen atoms in total. The van der Waals surface area contributed by atoms with Crippen LogP contribution in [0.2, 0.25) is 0 Å². The number of carbonyl (C=O) groups is 1. The molecule has 2 fully saturated rings. The van der Waals surface area contributed by atoms with Crippen molar-refractivity contribution < 1.29 is 9.53 Å². The average molecular weight is 463 g/mol. The number of hydrogen-bond donors (Lipinski definition) is 0. The zero-order valence-electron chi connectivity index (χ0n) is 15.6. The molecule has 2 heterocycles. The maximum atomic E-state index is 12.9. The van der Waals surface area contributed by atoms with Gasteiger partial charge in [0.15, 0.2) is 0 Å². The SMILES string of the molecule is CCC1CN2CC[C@]34C(=C(C(=O)OC)C1C[C@H]23)CCc1ccc(I)cc14. The van der Waals surface area contributed by atoms with Crippen LogP contribution in [0.25, 0.3) is 0 Å². The first-order chi connectivity index (χ1) is 12.6. The second kappa shape index (κ2) is 6.06. The first-order valence-electron chi connectivity index (χ1n) is 9.95. The number of aryl methyl sites for hydroxylation is 1. The molecule has 1 spiro atoms. The van der Waals surface area contributed by atoms with E-state index in [0.29, 0.717) is 17.9 Å². The van der Waals surface area contributed by atoms with E-state index in [1.165, 1.54) is 20.3 Å². The van der Waals surface area contributed by atoms with Gasteiger partial charge in [-0.05, 0) is 95.5 Å². The van der Waals surface area contributed by atoms with E-state index in [1.54, 1.807) is 7.11 Å². The Labute approximate surface area is 169 Å². The standard InChI is InChI=1S/C22H26INO2/c1-3-13-12-24-9-8-22-17(7-5-14-4-6-15(23)10-18(14)22)20(21(25)26-2)16(13)11-19(22)24/h4,6,10,13,16,19H,3,5,7-9,11-12H2,1-2H3/t13?,16?,19-,22+/m0/s1. The van der Waals surface area contributed by atoms with Gasteiger partial charge in [-0.15, -0.1) is 0 Å². The lowest BCUT2D eigenvalue weighted by molar-refractivity contribution is -0.138. The van der Waals surface area contributed by atoms with E-state index in [2.05, 4.69) is 52.6 Å². The first-order valence-corrected chi connectivity index (χ1v) is 11.0. The van der Waals surface area contributed by atoms with Gasteiger partial charge in [0.2, 0.25) is 0 Å². The van der Waals surface area contributed by atoms with Gasteiger partial charge in [-0.3, -0.25) is 4.90 Å². The molecule has 1 aromatic rings. The average Bonchev–Trinajstić information content (AvgIpc) is 3.06. The van der Waals surface area contributed by atoms with Crippen LogP contribution >= 0.6 is 22.6 Å². The molecule has 4 aliphatic rings. The fourth-order valence-corrected chi connectivity index (χ4v) is 7.12. The van der Waals surface area contributed by atoms with Gasteiger partial charge >= 0.3 is 5.97 Å². The summed E-state index contributed by atoms with van der Waals surface area (Å²) in [5, 5.41) is 0. The molecule has 2 aliphatic carbocycles. The Morgan fingerprint density at radius 1 is 1.38 bits per heavy atom. The normalized spacial score (nSPS) is 35.1. The Morgan fingerprint density at radius 3 is 3.00 bits per heavy atom. The highest BCUT2D eigenvalue weighted by atomic mass is 127. The molecular weight excluding hydrogens is 437 g/mol. The summed E-state index contributed by atoms with van der Waals surface area (Å²) in [5.74, 6) is 0.913. The fraction of sp³-hybridized carbons (Fsp3) is 0.591. The van der Waals surface area contributed by atoms with Crippen LogP contribution in [-0.2, 0) is 21.4 Å². The van der Waals surface area contributed by atoms with Crippen molar-refractivity contribution in [2.45, 2.75) is 50.5 Å². The molecule has 26 heavy (non-hydrogen) atoms. The lowest BCUT2D eigenvalue weighted by Gasteiger charge is -2.54. The predicted octanol–water partition coefficient (Wildman–Crippen LogP) is 4.08. The molecule has 0 saturated carbocycles. The lowest BCUT2D eigenvalue weighted by Crippen LogP contribution is -2.57. The van der Waals surface area contributed by atoms with Crippen LogP contribution in [0.1, 0.15) is 43.7 Å². The molecule has 4 atom stereocenters. The quantitative estimate of drug-likeness (QED) is 0.489. The molecule has 2 bridgehead atoms. The summed E-state index contributed by atoms with van der Waals surface area (Å²) in [5.41, 5.74) is 5.54.